The molecule has 0 spiro atoms. The molecule has 29 heavy (non-hydrogen) atoms. The molecule has 1 aliphatic heterocycles. The number of nitro benzene ring substituents is 1. The molecule has 1 fully saturated rings. The summed E-state index contributed by atoms with van der Waals surface area (Å²) in [5, 5.41) is 14.7. The first-order chi connectivity index (χ1) is 12.8. The highest BCUT2D eigenvalue weighted by Gasteiger charge is 2.32. The molecule has 6 nitrogen and oxygen atoms in total. The first kappa shape index (κ1) is 25.0. The van der Waals surface area contributed by atoms with E-state index in [2.05, 4.69) is 15.0 Å². The normalized spacial score (nSPS) is 15.6. The van der Waals surface area contributed by atoms with Crippen LogP contribution in [0.1, 0.15) is 17.2 Å². The summed E-state index contributed by atoms with van der Waals surface area (Å²) in [6, 6.07) is 11.5. The minimum absolute atomic E-state index is 0. The number of piperazine rings is 1. The van der Waals surface area contributed by atoms with E-state index in [-0.39, 0.29) is 36.3 Å². The molecule has 3 rings (SSSR count). The lowest BCUT2D eigenvalue weighted by atomic mass is 9.95. The average Bonchev–Trinajstić information content (AvgIpc) is 2.63. The lowest BCUT2D eigenvalue weighted by Crippen LogP contribution is -2.45. The minimum Gasteiger partial charge on any atom is -0.406 e. The van der Waals surface area contributed by atoms with Crippen molar-refractivity contribution in [3.63, 3.8) is 0 Å². The van der Waals surface area contributed by atoms with E-state index in [4.69, 9.17) is 0 Å². The molecule has 0 unspecified atom stereocenters. The average molecular weight is 454 g/mol. The molecule has 0 saturated carbocycles. The van der Waals surface area contributed by atoms with Gasteiger partial charge in [0.1, 0.15) is 5.75 Å². The fraction of sp³-hybridized carbons (Fsp3) is 0.333. The van der Waals surface area contributed by atoms with Crippen LogP contribution in [0.3, 0.4) is 0 Å². The Balaban J connectivity index is 0.00000210. The van der Waals surface area contributed by atoms with Gasteiger partial charge in [-0.3, -0.25) is 15.0 Å². The van der Waals surface area contributed by atoms with Crippen LogP contribution >= 0.6 is 24.8 Å². The van der Waals surface area contributed by atoms with Gasteiger partial charge in [0.2, 0.25) is 0 Å². The molecular formula is C18H20Cl2F3N3O3. The molecule has 1 heterocycles. The third-order valence-corrected chi connectivity index (χ3v) is 4.37. The monoisotopic (exact) mass is 453 g/mol. The summed E-state index contributed by atoms with van der Waals surface area (Å²) in [5.74, 6) is -0.326. The maximum absolute atomic E-state index is 12.4. The molecule has 11 heteroatoms. The summed E-state index contributed by atoms with van der Waals surface area (Å²) >= 11 is 0. The number of nitrogens with one attached hydrogen (secondary N) is 1. The molecule has 2 aromatic carbocycles. The molecule has 0 aromatic heterocycles. The van der Waals surface area contributed by atoms with E-state index in [9.17, 15) is 23.3 Å². The Labute approximate surface area is 178 Å². The number of nitrogens with zero attached hydrogens (tertiary/aromatic N) is 2. The second-order valence-corrected chi connectivity index (χ2v) is 6.12. The van der Waals surface area contributed by atoms with Crippen molar-refractivity contribution in [2.75, 3.05) is 26.2 Å². The zero-order chi connectivity index (χ0) is 19.4. The number of rotatable bonds is 5. The van der Waals surface area contributed by atoms with E-state index < -0.39 is 17.3 Å². The molecule has 160 valence electrons. The Morgan fingerprint density at radius 1 is 1.03 bits per heavy atom. The molecular weight excluding hydrogens is 434 g/mol. The van der Waals surface area contributed by atoms with Crippen molar-refractivity contribution >= 4 is 30.5 Å². The van der Waals surface area contributed by atoms with Gasteiger partial charge in [0, 0.05) is 32.2 Å². The van der Waals surface area contributed by atoms with E-state index in [1.54, 1.807) is 18.2 Å². The van der Waals surface area contributed by atoms with Crippen LogP contribution in [0.2, 0.25) is 0 Å². The largest absolute Gasteiger partial charge is 0.573 e. The van der Waals surface area contributed by atoms with E-state index in [0.717, 1.165) is 13.1 Å². The van der Waals surface area contributed by atoms with Gasteiger partial charge in [-0.15, -0.1) is 38.0 Å². The van der Waals surface area contributed by atoms with Gasteiger partial charge in [0.15, 0.2) is 0 Å². The van der Waals surface area contributed by atoms with E-state index in [1.807, 2.05) is 0 Å². The number of nitro groups is 1. The molecule has 1 aliphatic rings. The van der Waals surface area contributed by atoms with Crippen LogP contribution in [0.5, 0.6) is 5.75 Å². The Kier molecular flexibility index (Phi) is 9.15. The van der Waals surface area contributed by atoms with Crippen molar-refractivity contribution in [2.24, 2.45) is 0 Å². The van der Waals surface area contributed by atoms with Crippen molar-refractivity contribution in [1.29, 1.82) is 0 Å². The Bertz CT molecular complexity index is 801. The third kappa shape index (κ3) is 6.46. The van der Waals surface area contributed by atoms with Crippen LogP contribution in [-0.2, 0) is 0 Å². The van der Waals surface area contributed by atoms with E-state index in [1.165, 1.54) is 30.3 Å². The number of hydrogen-bond donors (Lipinski definition) is 1. The van der Waals surface area contributed by atoms with Crippen LogP contribution in [-0.4, -0.2) is 42.4 Å². The SMILES string of the molecule is Cl.Cl.O=[N+]([O-])c1ccccc1[C@H](c1ccc(OC(F)(F)F)cc1)N1CCNCC1. The number of alkyl halides is 3. The predicted molar refractivity (Wildman–Crippen MR) is 107 cm³/mol. The zero-order valence-corrected chi connectivity index (χ0v) is 16.7. The third-order valence-electron chi connectivity index (χ3n) is 4.37. The summed E-state index contributed by atoms with van der Waals surface area (Å²) in [6.07, 6.45) is -4.77. The second-order valence-electron chi connectivity index (χ2n) is 6.12. The Hall–Kier alpha value is -2.07. The standard InChI is InChI=1S/C18H18F3N3O3.2ClH/c19-18(20,21)27-14-7-5-13(6-8-14)17(23-11-9-22-10-12-23)15-3-1-2-4-16(15)24(25)26;;/h1-8,17,22H,9-12H2;2*1H/t17-;;/m0../s1. The van der Waals surface area contributed by atoms with Gasteiger partial charge >= 0.3 is 6.36 Å². The Morgan fingerprint density at radius 3 is 2.17 bits per heavy atom. The summed E-state index contributed by atoms with van der Waals surface area (Å²) in [7, 11) is 0. The van der Waals surface area contributed by atoms with Crippen molar-refractivity contribution in [2.45, 2.75) is 12.4 Å². The summed E-state index contributed by atoms with van der Waals surface area (Å²) in [4.78, 5) is 13.1. The lowest BCUT2D eigenvalue weighted by molar-refractivity contribution is -0.385. The number of benzene rings is 2. The minimum atomic E-state index is -4.77. The fourth-order valence-corrected chi connectivity index (χ4v) is 3.26. The van der Waals surface area contributed by atoms with Gasteiger partial charge in [0.05, 0.1) is 16.5 Å². The maximum atomic E-state index is 12.4. The highest BCUT2D eigenvalue weighted by Crippen LogP contribution is 2.35. The van der Waals surface area contributed by atoms with Crippen molar-refractivity contribution < 1.29 is 22.8 Å². The zero-order valence-electron chi connectivity index (χ0n) is 15.1. The number of ether oxygens (including phenoxy) is 1. The first-order valence-electron chi connectivity index (χ1n) is 8.39. The van der Waals surface area contributed by atoms with Crippen molar-refractivity contribution in [1.82, 2.24) is 10.2 Å². The molecule has 0 aliphatic carbocycles. The molecule has 0 bridgehead atoms. The molecule has 0 amide bonds. The van der Waals surface area contributed by atoms with Crippen LogP contribution < -0.4 is 10.1 Å². The highest BCUT2D eigenvalue weighted by molar-refractivity contribution is 5.85. The van der Waals surface area contributed by atoms with Crippen molar-refractivity contribution in [3.8, 4) is 5.75 Å². The summed E-state index contributed by atoms with van der Waals surface area (Å²) in [6.45, 7) is 2.79. The van der Waals surface area contributed by atoms with Gasteiger partial charge in [-0.25, -0.2) is 0 Å². The number of halogens is 5. The smallest absolute Gasteiger partial charge is 0.406 e. The molecule has 1 saturated heterocycles. The van der Waals surface area contributed by atoms with Crippen LogP contribution in [0.15, 0.2) is 48.5 Å². The molecule has 1 atom stereocenters. The second kappa shape index (κ2) is 10.6. The topological polar surface area (TPSA) is 67.6 Å². The molecule has 1 N–H and O–H groups in total. The molecule has 2 aromatic rings. The first-order valence-corrected chi connectivity index (χ1v) is 8.39. The lowest BCUT2D eigenvalue weighted by Gasteiger charge is -2.35. The predicted octanol–water partition coefficient (Wildman–Crippen LogP) is 4.33. The van der Waals surface area contributed by atoms with Gasteiger partial charge in [-0.05, 0) is 17.7 Å². The van der Waals surface area contributed by atoms with E-state index >= 15 is 0 Å². The van der Waals surface area contributed by atoms with E-state index in [0.29, 0.717) is 24.2 Å². The van der Waals surface area contributed by atoms with Gasteiger partial charge in [-0.2, -0.15) is 0 Å². The van der Waals surface area contributed by atoms with Crippen LogP contribution in [0, 0.1) is 10.1 Å². The number of hydrogen-bond acceptors (Lipinski definition) is 5. The van der Waals surface area contributed by atoms with Gasteiger partial charge in [-0.1, -0.05) is 30.3 Å². The van der Waals surface area contributed by atoms with Gasteiger partial charge < -0.3 is 10.1 Å². The number of para-hydroxylation sites is 1. The highest BCUT2D eigenvalue weighted by atomic mass is 35.5. The van der Waals surface area contributed by atoms with Crippen LogP contribution in [0.25, 0.3) is 0 Å². The summed E-state index contributed by atoms with van der Waals surface area (Å²) < 4.78 is 41.1. The maximum Gasteiger partial charge on any atom is 0.573 e. The van der Waals surface area contributed by atoms with Crippen molar-refractivity contribution in [3.05, 3.63) is 69.8 Å². The summed E-state index contributed by atoms with van der Waals surface area (Å²) in [5.41, 5.74) is 1.16. The molecule has 0 radical (unpaired) electrons. The van der Waals surface area contributed by atoms with Crippen LogP contribution in [0.4, 0.5) is 18.9 Å². The quantitative estimate of drug-likeness (QED) is 0.538. The fourth-order valence-electron chi connectivity index (χ4n) is 3.26. The Morgan fingerprint density at radius 2 is 1.62 bits per heavy atom. The van der Waals surface area contributed by atoms with Gasteiger partial charge in [0.25, 0.3) is 5.69 Å².